The number of benzene rings is 2. The summed E-state index contributed by atoms with van der Waals surface area (Å²) < 4.78 is 5.83. The minimum absolute atomic E-state index is 0.0179. The average molecular weight is 348 g/mol. The molecule has 5 heteroatoms. The monoisotopic (exact) mass is 348 g/mol. The van der Waals surface area contributed by atoms with E-state index in [0.717, 1.165) is 29.5 Å². The Morgan fingerprint density at radius 3 is 2.65 bits per heavy atom. The molecule has 0 saturated heterocycles. The Hall–Kier alpha value is -2.92. The van der Waals surface area contributed by atoms with E-state index < -0.39 is 5.97 Å². The topological polar surface area (TPSA) is 75.4 Å². The first kappa shape index (κ1) is 16.5. The van der Waals surface area contributed by atoms with Gasteiger partial charge in [-0.25, -0.2) is 4.98 Å². The van der Waals surface area contributed by atoms with Gasteiger partial charge in [-0.3, -0.25) is 4.79 Å². The molecule has 3 aromatic rings. The van der Waals surface area contributed by atoms with E-state index in [-0.39, 0.29) is 18.5 Å². The number of aliphatic carboxylic acids is 1. The predicted molar refractivity (Wildman–Crippen MR) is 100.0 cm³/mol. The lowest BCUT2D eigenvalue weighted by molar-refractivity contribution is -0.136. The van der Waals surface area contributed by atoms with Crippen LogP contribution in [-0.4, -0.2) is 28.6 Å². The zero-order valence-electron chi connectivity index (χ0n) is 14.3. The average Bonchev–Trinajstić information content (AvgIpc) is 3.11. The molecule has 2 N–H and O–H groups in total. The lowest BCUT2D eigenvalue weighted by Gasteiger charge is -2.29. The van der Waals surface area contributed by atoms with E-state index in [1.807, 2.05) is 36.4 Å². The normalized spacial score (nSPS) is 19.7. The smallest absolute Gasteiger partial charge is 0.317 e. The minimum Gasteiger partial charge on any atom is -0.480 e. The number of nitrogens with zero attached hydrogens (tertiary/aromatic N) is 1. The van der Waals surface area contributed by atoms with Crippen molar-refractivity contribution in [3.63, 3.8) is 0 Å². The maximum atomic E-state index is 10.9. The number of carboxylic acid groups (broad SMARTS) is 1. The van der Waals surface area contributed by atoms with E-state index in [2.05, 4.69) is 34.6 Å². The molecule has 1 aliphatic rings. The first-order valence-corrected chi connectivity index (χ1v) is 8.77. The van der Waals surface area contributed by atoms with Crippen LogP contribution in [0.2, 0.25) is 0 Å². The molecular weight excluding hydrogens is 328 g/mol. The third-order valence-corrected chi connectivity index (χ3v) is 4.83. The number of allylic oxidation sites excluding steroid dienone is 1. The summed E-state index contributed by atoms with van der Waals surface area (Å²) in [6.07, 6.45) is 6.02. The Morgan fingerprint density at radius 2 is 1.88 bits per heavy atom. The fourth-order valence-corrected chi connectivity index (χ4v) is 3.50. The van der Waals surface area contributed by atoms with Crippen LogP contribution in [0, 0.1) is 0 Å². The van der Waals surface area contributed by atoms with Gasteiger partial charge in [0.15, 0.2) is 5.58 Å². The van der Waals surface area contributed by atoms with Crippen LogP contribution in [0.25, 0.3) is 22.6 Å². The summed E-state index contributed by atoms with van der Waals surface area (Å²) >= 11 is 0. The fourth-order valence-electron chi connectivity index (χ4n) is 3.50. The number of aromatic nitrogens is 1. The summed E-state index contributed by atoms with van der Waals surface area (Å²) in [5.41, 5.74) is 3.76. The first-order chi connectivity index (χ1) is 12.7. The molecule has 0 fully saturated rings. The van der Waals surface area contributed by atoms with E-state index >= 15 is 0 Å². The summed E-state index contributed by atoms with van der Waals surface area (Å²) in [6, 6.07) is 16.1. The van der Waals surface area contributed by atoms with Gasteiger partial charge < -0.3 is 14.8 Å². The van der Waals surface area contributed by atoms with Crippen LogP contribution in [0.5, 0.6) is 0 Å². The molecule has 2 atom stereocenters. The van der Waals surface area contributed by atoms with Crippen LogP contribution >= 0.6 is 0 Å². The number of hydrogen-bond acceptors (Lipinski definition) is 4. The van der Waals surface area contributed by atoms with Gasteiger partial charge in [-0.15, -0.1) is 0 Å². The number of carbonyl (C=O) groups is 1. The lowest BCUT2D eigenvalue weighted by Crippen LogP contribution is -2.38. The number of hydrogen-bond donors (Lipinski definition) is 2. The van der Waals surface area contributed by atoms with Crippen molar-refractivity contribution in [1.82, 2.24) is 10.3 Å². The van der Waals surface area contributed by atoms with Crippen molar-refractivity contribution in [3.8, 4) is 11.5 Å². The van der Waals surface area contributed by atoms with Gasteiger partial charge in [-0.2, -0.15) is 0 Å². The SMILES string of the molecule is O=C(O)CN[C@H]1CC=CC[C@@H]1c1ccc(-c2nc3ccccc3o2)cc1. The van der Waals surface area contributed by atoms with Gasteiger partial charge in [-0.1, -0.05) is 36.4 Å². The van der Waals surface area contributed by atoms with Crippen LogP contribution < -0.4 is 5.32 Å². The van der Waals surface area contributed by atoms with Gasteiger partial charge in [0, 0.05) is 17.5 Å². The quantitative estimate of drug-likeness (QED) is 0.682. The van der Waals surface area contributed by atoms with Gasteiger partial charge in [0.25, 0.3) is 0 Å². The van der Waals surface area contributed by atoms with Crippen LogP contribution in [0.3, 0.4) is 0 Å². The first-order valence-electron chi connectivity index (χ1n) is 8.77. The van der Waals surface area contributed by atoms with Gasteiger partial charge in [0.05, 0.1) is 6.54 Å². The molecular formula is C21H20N2O3. The Labute approximate surface area is 151 Å². The summed E-state index contributed by atoms with van der Waals surface area (Å²) in [6.45, 7) is -0.0179. The number of fused-ring (bicyclic) bond motifs is 1. The number of carboxylic acids is 1. The van der Waals surface area contributed by atoms with E-state index in [9.17, 15) is 4.79 Å². The van der Waals surface area contributed by atoms with Gasteiger partial charge in [-0.05, 0) is 42.7 Å². The highest BCUT2D eigenvalue weighted by Gasteiger charge is 2.24. The molecule has 0 aliphatic heterocycles. The third kappa shape index (κ3) is 3.39. The minimum atomic E-state index is -0.829. The Morgan fingerprint density at radius 1 is 1.12 bits per heavy atom. The van der Waals surface area contributed by atoms with Crippen molar-refractivity contribution < 1.29 is 14.3 Å². The second-order valence-electron chi connectivity index (χ2n) is 6.54. The van der Waals surface area contributed by atoms with Crippen LogP contribution in [-0.2, 0) is 4.79 Å². The zero-order valence-corrected chi connectivity index (χ0v) is 14.3. The maximum Gasteiger partial charge on any atom is 0.317 e. The molecule has 1 aliphatic carbocycles. The molecule has 0 amide bonds. The van der Waals surface area contributed by atoms with Gasteiger partial charge >= 0.3 is 5.97 Å². The largest absolute Gasteiger partial charge is 0.480 e. The third-order valence-electron chi connectivity index (χ3n) is 4.83. The second-order valence-corrected chi connectivity index (χ2v) is 6.54. The molecule has 0 radical (unpaired) electrons. The van der Waals surface area contributed by atoms with Crippen LogP contribution in [0.15, 0.2) is 65.1 Å². The van der Waals surface area contributed by atoms with Crippen molar-refractivity contribution in [3.05, 3.63) is 66.2 Å². The summed E-state index contributed by atoms with van der Waals surface area (Å²) in [4.78, 5) is 15.4. The number of oxazole rings is 1. The van der Waals surface area contributed by atoms with E-state index in [1.165, 1.54) is 5.56 Å². The molecule has 1 heterocycles. The molecule has 0 saturated carbocycles. The molecule has 0 spiro atoms. The maximum absolute atomic E-state index is 10.9. The molecule has 4 rings (SSSR count). The highest BCUT2D eigenvalue weighted by atomic mass is 16.4. The van der Waals surface area contributed by atoms with Crippen molar-refractivity contribution in [2.75, 3.05) is 6.54 Å². The molecule has 5 nitrogen and oxygen atoms in total. The number of rotatable bonds is 5. The second kappa shape index (κ2) is 7.14. The summed E-state index contributed by atoms with van der Waals surface area (Å²) in [7, 11) is 0. The Kier molecular flexibility index (Phi) is 4.54. The predicted octanol–water partition coefficient (Wildman–Crippen LogP) is 3.97. The van der Waals surface area contributed by atoms with E-state index in [0.29, 0.717) is 5.89 Å². The lowest BCUT2D eigenvalue weighted by atomic mass is 9.83. The molecule has 1 aromatic heterocycles. The van der Waals surface area contributed by atoms with Crippen molar-refractivity contribution in [1.29, 1.82) is 0 Å². The van der Waals surface area contributed by atoms with Crippen LogP contribution in [0.4, 0.5) is 0 Å². The van der Waals surface area contributed by atoms with Crippen molar-refractivity contribution in [2.24, 2.45) is 0 Å². The Balaban J connectivity index is 1.56. The standard InChI is InChI=1S/C21H20N2O3/c24-20(25)13-22-17-6-2-1-5-16(17)14-9-11-15(12-10-14)21-23-18-7-3-4-8-19(18)26-21/h1-4,7-12,16-17,22H,5-6,13H2,(H,24,25)/t16-,17+/m1/s1. The number of nitrogens with one attached hydrogen (secondary N) is 1. The van der Waals surface area contributed by atoms with Crippen molar-refractivity contribution >= 4 is 17.1 Å². The number of para-hydroxylation sites is 2. The van der Waals surface area contributed by atoms with Crippen LogP contribution in [0.1, 0.15) is 24.3 Å². The summed E-state index contributed by atoms with van der Waals surface area (Å²) in [5, 5.41) is 12.1. The molecule has 26 heavy (non-hydrogen) atoms. The molecule has 2 aromatic carbocycles. The van der Waals surface area contributed by atoms with E-state index in [4.69, 9.17) is 9.52 Å². The summed E-state index contributed by atoms with van der Waals surface area (Å²) in [5.74, 6) is 0.0449. The highest BCUT2D eigenvalue weighted by Crippen LogP contribution is 2.31. The van der Waals surface area contributed by atoms with Gasteiger partial charge in [0.1, 0.15) is 5.52 Å². The molecule has 132 valence electrons. The fraction of sp³-hybridized carbons (Fsp3) is 0.238. The zero-order chi connectivity index (χ0) is 17.9. The highest BCUT2D eigenvalue weighted by molar-refractivity contribution is 5.76. The molecule has 0 unspecified atom stereocenters. The Bertz CT molecular complexity index is 910. The van der Waals surface area contributed by atoms with Gasteiger partial charge in [0.2, 0.25) is 5.89 Å². The molecule has 0 bridgehead atoms. The van der Waals surface area contributed by atoms with Crippen molar-refractivity contribution in [2.45, 2.75) is 24.8 Å². The van der Waals surface area contributed by atoms with E-state index in [1.54, 1.807) is 0 Å².